The van der Waals surface area contributed by atoms with E-state index >= 15 is 0 Å². The first-order valence-electron chi connectivity index (χ1n) is 7.18. The fourth-order valence-corrected chi connectivity index (χ4v) is 4.12. The van der Waals surface area contributed by atoms with Gasteiger partial charge < -0.3 is 5.32 Å². The lowest BCUT2D eigenvalue weighted by Gasteiger charge is -2.31. The molecule has 2 rings (SSSR count). The molecule has 1 atom stereocenters. The Morgan fingerprint density at radius 1 is 1.41 bits per heavy atom. The summed E-state index contributed by atoms with van der Waals surface area (Å²) in [6.45, 7) is 5.60. The first-order valence-corrected chi connectivity index (χ1v) is 8.16. The molecule has 1 N–H and O–H groups in total. The minimum Gasteiger partial charge on any atom is -0.362 e. The molecule has 1 aliphatic carbocycles. The summed E-state index contributed by atoms with van der Waals surface area (Å²) in [4.78, 5) is 4.78. The number of unbranched alkanes of at least 4 members (excludes halogenated alkanes) is 1. The maximum atomic E-state index is 4.78. The molecule has 17 heavy (non-hydrogen) atoms. The van der Waals surface area contributed by atoms with Crippen LogP contribution in [0.3, 0.4) is 0 Å². The van der Waals surface area contributed by atoms with Gasteiger partial charge in [-0.2, -0.15) is 0 Å². The highest BCUT2D eigenvalue weighted by atomic mass is 32.2. The number of nitrogens with one attached hydrogen (secondary N) is 1. The summed E-state index contributed by atoms with van der Waals surface area (Å²) in [6, 6.07) is 0.582. The monoisotopic (exact) mass is 254 g/mol. The van der Waals surface area contributed by atoms with E-state index in [-0.39, 0.29) is 0 Å². The van der Waals surface area contributed by atoms with Crippen LogP contribution in [0.1, 0.15) is 58.8 Å². The van der Waals surface area contributed by atoms with Gasteiger partial charge in [-0.3, -0.25) is 4.99 Å². The summed E-state index contributed by atoms with van der Waals surface area (Å²) < 4.78 is 0. The molecule has 1 spiro atoms. The van der Waals surface area contributed by atoms with Gasteiger partial charge in [-0.25, -0.2) is 0 Å². The van der Waals surface area contributed by atoms with Crippen LogP contribution in [0.4, 0.5) is 0 Å². The van der Waals surface area contributed by atoms with Gasteiger partial charge in [-0.1, -0.05) is 44.4 Å². The van der Waals surface area contributed by atoms with Crippen molar-refractivity contribution in [2.75, 3.05) is 12.3 Å². The summed E-state index contributed by atoms with van der Waals surface area (Å²) >= 11 is 1.96. The lowest BCUT2D eigenvalue weighted by atomic mass is 9.89. The third-order valence-corrected chi connectivity index (χ3v) is 5.38. The van der Waals surface area contributed by atoms with Gasteiger partial charge >= 0.3 is 0 Å². The first-order chi connectivity index (χ1) is 8.24. The second kappa shape index (κ2) is 6.12. The van der Waals surface area contributed by atoms with Crippen LogP contribution in [0.2, 0.25) is 0 Å². The molecule has 2 nitrogen and oxygen atoms in total. The van der Waals surface area contributed by atoms with Gasteiger partial charge in [-0.15, -0.1) is 0 Å². The molecule has 1 fully saturated rings. The highest BCUT2D eigenvalue weighted by Crippen LogP contribution is 2.43. The molecule has 98 valence electrons. The Kier molecular flexibility index (Phi) is 4.78. The molecule has 0 aromatic heterocycles. The maximum Gasteiger partial charge on any atom is 0.156 e. The number of rotatable bonds is 4. The van der Waals surface area contributed by atoms with Crippen LogP contribution in [0.5, 0.6) is 0 Å². The number of thioether (sulfide) groups is 1. The lowest BCUT2D eigenvalue weighted by molar-refractivity contribution is 0.358. The largest absolute Gasteiger partial charge is 0.362 e. The van der Waals surface area contributed by atoms with Crippen molar-refractivity contribution in [1.82, 2.24) is 5.32 Å². The number of nitrogens with zero attached hydrogens (tertiary/aromatic N) is 1. The van der Waals surface area contributed by atoms with Crippen LogP contribution in [0, 0.1) is 5.41 Å². The van der Waals surface area contributed by atoms with E-state index in [1.165, 1.54) is 55.9 Å². The second-order valence-electron chi connectivity index (χ2n) is 5.80. The van der Waals surface area contributed by atoms with Crippen molar-refractivity contribution < 1.29 is 0 Å². The molecule has 2 aliphatic rings. The topological polar surface area (TPSA) is 24.4 Å². The Bertz CT molecular complexity index is 269. The van der Waals surface area contributed by atoms with Crippen molar-refractivity contribution in [3.8, 4) is 0 Å². The highest BCUT2D eigenvalue weighted by Gasteiger charge is 2.36. The Morgan fingerprint density at radius 3 is 2.76 bits per heavy atom. The smallest absolute Gasteiger partial charge is 0.156 e. The van der Waals surface area contributed by atoms with Crippen LogP contribution in [0.25, 0.3) is 0 Å². The molecule has 0 radical (unpaired) electrons. The van der Waals surface area contributed by atoms with Crippen molar-refractivity contribution in [2.24, 2.45) is 10.4 Å². The fourth-order valence-electron chi connectivity index (χ4n) is 2.86. The van der Waals surface area contributed by atoms with Crippen molar-refractivity contribution in [1.29, 1.82) is 0 Å². The van der Waals surface area contributed by atoms with Gasteiger partial charge in [0.05, 0.1) is 0 Å². The third-order valence-electron chi connectivity index (χ3n) is 4.10. The zero-order valence-electron chi connectivity index (χ0n) is 11.3. The van der Waals surface area contributed by atoms with Gasteiger partial charge in [-0.05, 0) is 31.6 Å². The van der Waals surface area contributed by atoms with E-state index in [0.29, 0.717) is 11.5 Å². The molecule has 1 aliphatic heterocycles. The summed E-state index contributed by atoms with van der Waals surface area (Å²) in [5, 5.41) is 4.77. The number of hydrogen-bond acceptors (Lipinski definition) is 3. The van der Waals surface area contributed by atoms with Crippen LogP contribution in [-0.4, -0.2) is 23.5 Å². The summed E-state index contributed by atoms with van der Waals surface area (Å²) in [6.07, 6.45) is 9.52. The van der Waals surface area contributed by atoms with Crippen molar-refractivity contribution in [2.45, 2.75) is 64.8 Å². The predicted octanol–water partition coefficient (Wildman–Crippen LogP) is 3.82. The zero-order valence-corrected chi connectivity index (χ0v) is 12.1. The van der Waals surface area contributed by atoms with Crippen molar-refractivity contribution >= 4 is 16.9 Å². The van der Waals surface area contributed by atoms with E-state index in [1.807, 2.05) is 11.8 Å². The van der Waals surface area contributed by atoms with E-state index in [2.05, 4.69) is 19.2 Å². The SMILES string of the molecule is CCCCC(C)NC1=NCC2(CCCC2)CS1. The van der Waals surface area contributed by atoms with E-state index in [1.54, 1.807) is 0 Å². The Labute approximate surface area is 110 Å². The molecular weight excluding hydrogens is 228 g/mol. The Balaban J connectivity index is 1.78. The average Bonchev–Trinajstić information content (AvgIpc) is 2.79. The van der Waals surface area contributed by atoms with Crippen LogP contribution in [-0.2, 0) is 0 Å². The van der Waals surface area contributed by atoms with Crippen molar-refractivity contribution in [3.63, 3.8) is 0 Å². The van der Waals surface area contributed by atoms with Gasteiger partial charge in [0, 0.05) is 18.3 Å². The summed E-state index contributed by atoms with van der Waals surface area (Å²) in [5.74, 6) is 1.29. The molecule has 0 amide bonds. The summed E-state index contributed by atoms with van der Waals surface area (Å²) in [7, 11) is 0. The molecule has 3 heteroatoms. The highest BCUT2D eigenvalue weighted by molar-refractivity contribution is 8.13. The minimum absolute atomic E-state index is 0.572. The zero-order chi connectivity index (χ0) is 12.1. The Morgan fingerprint density at radius 2 is 2.18 bits per heavy atom. The second-order valence-corrected chi connectivity index (χ2v) is 6.77. The molecular formula is C14H26N2S. The van der Waals surface area contributed by atoms with E-state index in [9.17, 15) is 0 Å². The van der Waals surface area contributed by atoms with Crippen molar-refractivity contribution in [3.05, 3.63) is 0 Å². The average molecular weight is 254 g/mol. The molecule has 1 heterocycles. The maximum absolute atomic E-state index is 4.78. The first kappa shape index (κ1) is 13.3. The summed E-state index contributed by atoms with van der Waals surface area (Å²) in [5.41, 5.74) is 0.572. The molecule has 1 unspecified atom stereocenters. The number of aliphatic imine (C=N–C) groups is 1. The van der Waals surface area contributed by atoms with E-state index in [4.69, 9.17) is 4.99 Å². The molecule has 1 saturated carbocycles. The fraction of sp³-hybridized carbons (Fsp3) is 0.929. The third kappa shape index (κ3) is 3.64. The molecule has 0 aromatic carbocycles. The molecule has 0 aromatic rings. The van der Waals surface area contributed by atoms with E-state index in [0.717, 1.165) is 6.54 Å². The lowest BCUT2D eigenvalue weighted by Crippen LogP contribution is -2.37. The number of amidine groups is 1. The quantitative estimate of drug-likeness (QED) is 0.825. The van der Waals surface area contributed by atoms with Crippen LogP contribution in [0.15, 0.2) is 4.99 Å². The van der Waals surface area contributed by atoms with Gasteiger partial charge in [0.25, 0.3) is 0 Å². The van der Waals surface area contributed by atoms with Crippen LogP contribution < -0.4 is 5.32 Å². The normalized spacial score (nSPS) is 24.7. The van der Waals surface area contributed by atoms with E-state index < -0.39 is 0 Å². The molecule has 0 saturated heterocycles. The van der Waals surface area contributed by atoms with Gasteiger partial charge in [0.1, 0.15) is 0 Å². The Hall–Kier alpha value is -0.180. The predicted molar refractivity (Wildman–Crippen MR) is 77.8 cm³/mol. The minimum atomic E-state index is 0.572. The number of hydrogen-bond donors (Lipinski definition) is 1. The standard InChI is InChI=1S/C14H26N2S/c1-3-4-7-12(2)16-13-15-10-14(11-17-13)8-5-6-9-14/h12H,3-11H2,1-2H3,(H,15,16). The van der Waals surface area contributed by atoms with Gasteiger partial charge in [0.2, 0.25) is 0 Å². The van der Waals surface area contributed by atoms with Gasteiger partial charge in [0.15, 0.2) is 5.17 Å². The molecule has 0 bridgehead atoms. The van der Waals surface area contributed by atoms with Crippen LogP contribution >= 0.6 is 11.8 Å².